The molecule has 1 atom stereocenters. The zero-order chi connectivity index (χ0) is 15.0. The number of aromatic nitrogens is 3. The molecule has 1 rings (SSSR count). The maximum atomic E-state index is 9.23. The van der Waals surface area contributed by atoms with Crippen LogP contribution in [0, 0.1) is 0 Å². The summed E-state index contributed by atoms with van der Waals surface area (Å²) in [6, 6.07) is 0. The van der Waals surface area contributed by atoms with Gasteiger partial charge in [-0.05, 0) is 33.6 Å². The van der Waals surface area contributed by atoms with E-state index in [0.717, 1.165) is 32.5 Å². The maximum Gasteiger partial charge on any atom is 0.231 e. The lowest BCUT2D eigenvalue weighted by molar-refractivity contribution is 0.183. The summed E-state index contributed by atoms with van der Waals surface area (Å²) >= 11 is 0. The first kappa shape index (κ1) is 16.4. The molecule has 0 aromatic carbocycles. The Morgan fingerprint density at radius 2 is 1.80 bits per heavy atom. The minimum atomic E-state index is -0.269. The van der Waals surface area contributed by atoms with Crippen molar-refractivity contribution >= 4 is 17.8 Å². The molecule has 0 amide bonds. The second kappa shape index (κ2) is 8.52. The van der Waals surface area contributed by atoms with Crippen molar-refractivity contribution in [1.82, 2.24) is 15.0 Å². The van der Waals surface area contributed by atoms with Crippen molar-refractivity contribution < 1.29 is 5.11 Å². The summed E-state index contributed by atoms with van der Waals surface area (Å²) in [7, 11) is 1.79. The molecule has 1 unspecified atom stereocenters. The number of hydrogen-bond donors (Lipinski definition) is 3. The van der Waals surface area contributed by atoms with E-state index in [1.807, 2.05) is 0 Å². The molecular weight excluding hydrogens is 256 g/mol. The molecule has 0 radical (unpaired) electrons. The molecule has 1 heterocycles. The number of aliphatic hydroxyl groups is 1. The van der Waals surface area contributed by atoms with Crippen molar-refractivity contribution in [3.05, 3.63) is 0 Å². The predicted octanol–water partition coefficient (Wildman–Crippen LogP) is 1.33. The first-order valence-electron chi connectivity index (χ1n) is 7.21. The fourth-order valence-corrected chi connectivity index (χ4v) is 1.80. The van der Waals surface area contributed by atoms with Crippen molar-refractivity contribution in [2.24, 2.45) is 0 Å². The van der Waals surface area contributed by atoms with Crippen molar-refractivity contribution in [1.29, 1.82) is 0 Å². The van der Waals surface area contributed by atoms with Gasteiger partial charge in [0.2, 0.25) is 17.8 Å². The quantitative estimate of drug-likeness (QED) is 0.589. The van der Waals surface area contributed by atoms with E-state index in [9.17, 15) is 5.11 Å². The Labute approximate surface area is 120 Å². The van der Waals surface area contributed by atoms with Gasteiger partial charge < -0.3 is 20.6 Å². The summed E-state index contributed by atoms with van der Waals surface area (Å²) in [5.74, 6) is 1.80. The number of aliphatic hydroxyl groups excluding tert-OH is 1. The third-order valence-electron chi connectivity index (χ3n) is 2.98. The highest BCUT2D eigenvalue weighted by Crippen LogP contribution is 2.13. The summed E-state index contributed by atoms with van der Waals surface area (Å²) in [5, 5.41) is 15.4. The third kappa shape index (κ3) is 5.16. The van der Waals surface area contributed by atoms with E-state index in [0.29, 0.717) is 17.8 Å². The topological polar surface area (TPSA) is 86.2 Å². The van der Waals surface area contributed by atoms with Gasteiger partial charge in [-0.15, -0.1) is 0 Å². The van der Waals surface area contributed by atoms with E-state index in [1.54, 1.807) is 14.0 Å². The van der Waals surface area contributed by atoms with Gasteiger partial charge in [-0.1, -0.05) is 0 Å². The molecule has 0 aliphatic carbocycles. The summed E-state index contributed by atoms with van der Waals surface area (Å²) in [6.07, 6.45) is 1.37. The lowest BCUT2D eigenvalue weighted by Crippen LogP contribution is -2.25. The number of anilines is 3. The molecule has 0 bridgehead atoms. The molecule has 0 aliphatic heterocycles. The second-order valence-corrected chi connectivity index (χ2v) is 4.62. The molecule has 114 valence electrons. The van der Waals surface area contributed by atoms with Crippen LogP contribution in [-0.4, -0.2) is 52.8 Å². The maximum absolute atomic E-state index is 9.23. The van der Waals surface area contributed by atoms with E-state index in [1.165, 1.54) is 0 Å². The molecule has 20 heavy (non-hydrogen) atoms. The van der Waals surface area contributed by atoms with Gasteiger partial charge in [-0.25, -0.2) is 0 Å². The standard InChI is InChI=1S/C13H26N6O/c1-5-19(6-2)13-17-11(14-4)16-12(18-13)15-9-7-8-10(3)20/h10,20H,5-9H2,1-4H3,(H2,14,15,16,17,18). The Balaban J connectivity index is 2.72. The normalized spacial score (nSPS) is 12.1. The van der Waals surface area contributed by atoms with Crippen molar-refractivity contribution in [2.75, 3.05) is 42.2 Å². The van der Waals surface area contributed by atoms with Crippen LogP contribution in [0.5, 0.6) is 0 Å². The number of rotatable bonds is 9. The molecule has 0 aliphatic rings. The van der Waals surface area contributed by atoms with Crippen LogP contribution in [0.3, 0.4) is 0 Å². The van der Waals surface area contributed by atoms with Gasteiger partial charge in [0.05, 0.1) is 6.10 Å². The van der Waals surface area contributed by atoms with Gasteiger partial charge in [0, 0.05) is 26.7 Å². The van der Waals surface area contributed by atoms with Crippen LogP contribution in [0.4, 0.5) is 17.8 Å². The Kier molecular flexibility index (Phi) is 7.00. The van der Waals surface area contributed by atoms with Crippen molar-refractivity contribution in [3.63, 3.8) is 0 Å². The number of hydrogen-bond acceptors (Lipinski definition) is 7. The summed E-state index contributed by atoms with van der Waals surface area (Å²) in [5.41, 5.74) is 0. The van der Waals surface area contributed by atoms with Crippen molar-refractivity contribution in [2.45, 2.75) is 39.7 Å². The van der Waals surface area contributed by atoms with Gasteiger partial charge in [-0.3, -0.25) is 0 Å². The molecule has 7 nitrogen and oxygen atoms in total. The van der Waals surface area contributed by atoms with Gasteiger partial charge in [0.1, 0.15) is 0 Å². The molecule has 0 saturated heterocycles. The lowest BCUT2D eigenvalue weighted by Gasteiger charge is -2.19. The zero-order valence-electron chi connectivity index (χ0n) is 12.8. The van der Waals surface area contributed by atoms with E-state index < -0.39 is 0 Å². The first-order valence-corrected chi connectivity index (χ1v) is 7.21. The minimum Gasteiger partial charge on any atom is -0.393 e. The molecular formula is C13H26N6O. The second-order valence-electron chi connectivity index (χ2n) is 4.62. The van der Waals surface area contributed by atoms with Gasteiger partial charge in [-0.2, -0.15) is 15.0 Å². The molecule has 1 aromatic rings. The number of nitrogens with one attached hydrogen (secondary N) is 2. The minimum absolute atomic E-state index is 0.269. The van der Waals surface area contributed by atoms with Gasteiger partial charge in [0.25, 0.3) is 0 Å². The Morgan fingerprint density at radius 3 is 2.35 bits per heavy atom. The highest BCUT2D eigenvalue weighted by Gasteiger charge is 2.10. The smallest absolute Gasteiger partial charge is 0.231 e. The summed E-state index contributed by atoms with van der Waals surface area (Å²) in [4.78, 5) is 15.2. The van der Waals surface area contributed by atoms with Gasteiger partial charge >= 0.3 is 0 Å². The van der Waals surface area contributed by atoms with Crippen LogP contribution >= 0.6 is 0 Å². The fraction of sp³-hybridized carbons (Fsp3) is 0.769. The summed E-state index contributed by atoms with van der Waals surface area (Å²) < 4.78 is 0. The van der Waals surface area contributed by atoms with Crippen LogP contribution in [0.15, 0.2) is 0 Å². The average molecular weight is 282 g/mol. The van der Waals surface area contributed by atoms with Crippen LogP contribution in [0.1, 0.15) is 33.6 Å². The fourth-order valence-electron chi connectivity index (χ4n) is 1.80. The van der Waals surface area contributed by atoms with Crippen LogP contribution in [0.2, 0.25) is 0 Å². The molecule has 3 N–H and O–H groups in total. The first-order chi connectivity index (χ1) is 9.60. The van der Waals surface area contributed by atoms with Gasteiger partial charge in [0.15, 0.2) is 0 Å². The lowest BCUT2D eigenvalue weighted by atomic mass is 10.2. The monoisotopic (exact) mass is 282 g/mol. The van der Waals surface area contributed by atoms with E-state index in [-0.39, 0.29) is 6.10 Å². The average Bonchev–Trinajstić information content (AvgIpc) is 2.44. The Bertz CT molecular complexity index is 394. The van der Waals surface area contributed by atoms with Crippen LogP contribution in [-0.2, 0) is 0 Å². The molecule has 0 saturated carbocycles. The third-order valence-corrected chi connectivity index (χ3v) is 2.98. The molecule has 1 aromatic heterocycles. The number of nitrogens with zero attached hydrogens (tertiary/aromatic N) is 4. The van der Waals surface area contributed by atoms with E-state index >= 15 is 0 Å². The van der Waals surface area contributed by atoms with Crippen LogP contribution < -0.4 is 15.5 Å². The van der Waals surface area contributed by atoms with Crippen LogP contribution in [0.25, 0.3) is 0 Å². The Morgan fingerprint density at radius 1 is 1.15 bits per heavy atom. The molecule has 0 spiro atoms. The predicted molar refractivity (Wildman–Crippen MR) is 82.3 cm³/mol. The highest BCUT2D eigenvalue weighted by atomic mass is 16.3. The largest absolute Gasteiger partial charge is 0.393 e. The van der Waals surface area contributed by atoms with E-state index in [2.05, 4.69) is 44.3 Å². The highest BCUT2D eigenvalue weighted by molar-refractivity contribution is 5.43. The molecule has 0 fully saturated rings. The molecule has 7 heteroatoms. The summed E-state index contributed by atoms with van der Waals surface area (Å²) in [6.45, 7) is 8.37. The zero-order valence-corrected chi connectivity index (χ0v) is 12.8. The van der Waals surface area contributed by atoms with E-state index in [4.69, 9.17) is 0 Å². The Hall–Kier alpha value is -1.63. The SMILES string of the molecule is CCN(CC)c1nc(NC)nc(NCCCC(C)O)n1. The van der Waals surface area contributed by atoms with Crippen molar-refractivity contribution in [3.8, 4) is 0 Å².